The number of ether oxygens (including phenoxy) is 1. The zero-order valence-corrected chi connectivity index (χ0v) is 15.3. The minimum absolute atomic E-state index is 0.0727. The van der Waals surface area contributed by atoms with E-state index < -0.39 is 23.1 Å². The summed E-state index contributed by atoms with van der Waals surface area (Å²) in [5.74, 6) is -1.47. The van der Waals surface area contributed by atoms with Crippen molar-refractivity contribution in [3.8, 4) is 0 Å². The molecular weight excluding hydrogens is 351 g/mol. The number of nitrogens with zero attached hydrogens (tertiary/aromatic N) is 2. The molecule has 1 aromatic heterocycles. The molecular formula is C20H25FN2O4. The molecule has 1 amide bonds. The number of aromatic nitrogens is 1. The zero-order chi connectivity index (χ0) is 19.1. The average Bonchev–Trinajstić information content (AvgIpc) is 2.98. The molecule has 7 heteroatoms. The number of rotatable bonds is 2. The van der Waals surface area contributed by atoms with Crippen LogP contribution in [0.4, 0.5) is 4.39 Å². The van der Waals surface area contributed by atoms with Crippen LogP contribution in [-0.4, -0.2) is 45.6 Å². The van der Waals surface area contributed by atoms with Crippen LogP contribution < -0.4 is 0 Å². The van der Waals surface area contributed by atoms with Crippen LogP contribution in [0.15, 0.2) is 18.3 Å². The van der Waals surface area contributed by atoms with E-state index >= 15 is 0 Å². The van der Waals surface area contributed by atoms with E-state index in [4.69, 9.17) is 4.74 Å². The Balaban J connectivity index is 1.47. The van der Waals surface area contributed by atoms with E-state index in [1.54, 1.807) is 17.0 Å². The average molecular weight is 376 g/mol. The molecule has 6 nitrogen and oxygen atoms in total. The Bertz CT molecular complexity index is 739. The predicted molar refractivity (Wildman–Crippen MR) is 93.9 cm³/mol. The van der Waals surface area contributed by atoms with Crippen molar-refractivity contribution in [2.75, 3.05) is 13.1 Å². The van der Waals surface area contributed by atoms with Gasteiger partial charge in [0, 0.05) is 24.8 Å². The molecule has 0 bridgehead atoms. The Morgan fingerprint density at radius 3 is 2.59 bits per heavy atom. The molecule has 0 aromatic carbocycles. The number of esters is 1. The standard InChI is InChI=1S/C20H25FN2O4/c21-17-14(5-4-10-22-17)19(26)8-11-23(12-9-19)18(25)15-13-16(24)27-20(15)6-2-1-3-7-20/h4-5,10,15,26H,1-3,6-9,11-13H2. The van der Waals surface area contributed by atoms with Crippen LogP contribution in [0.25, 0.3) is 0 Å². The molecule has 3 fully saturated rings. The maximum Gasteiger partial charge on any atom is 0.307 e. The van der Waals surface area contributed by atoms with Gasteiger partial charge in [-0.15, -0.1) is 0 Å². The van der Waals surface area contributed by atoms with Crippen molar-refractivity contribution in [2.45, 2.75) is 62.6 Å². The molecule has 27 heavy (non-hydrogen) atoms. The van der Waals surface area contributed by atoms with Crippen molar-refractivity contribution >= 4 is 11.9 Å². The summed E-state index contributed by atoms with van der Waals surface area (Å²) in [4.78, 5) is 30.4. The highest BCUT2D eigenvalue weighted by molar-refractivity contribution is 5.88. The first-order valence-electron chi connectivity index (χ1n) is 9.78. The van der Waals surface area contributed by atoms with E-state index in [9.17, 15) is 19.1 Å². The van der Waals surface area contributed by atoms with Crippen LogP contribution in [-0.2, 0) is 19.9 Å². The number of amides is 1. The summed E-state index contributed by atoms with van der Waals surface area (Å²) in [5, 5.41) is 10.9. The maximum absolute atomic E-state index is 14.0. The summed E-state index contributed by atoms with van der Waals surface area (Å²) in [7, 11) is 0. The number of carbonyl (C=O) groups excluding carboxylic acids is 2. The summed E-state index contributed by atoms with van der Waals surface area (Å²) >= 11 is 0. The molecule has 1 aromatic rings. The van der Waals surface area contributed by atoms with E-state index in [1.807, 2.05) is 0 Å². The van der Waals surface area contributed by atoms with Crippen LogP contribution in [0.3, 0.4) is 0 Å². The molecule has 4 rings (SSSR count). The maximum atomic E-state index is 14.0. The van der Waals surface area contributed by atoms with Gasteiger partial charge in [0.15, 0.2) is 0 Å². The Labute approximate surface area is 157 Å². The number of piperidine rings is 1. The van der Waals surface area contributed by atoms with E-state index in [2.05, 4.69) is 4.98 Å². The highest BCUT2D eigenvalue weighted by atomic mass is 19.1. The first-order valence-corrected chi connectivity index (χ1v) is 9.78. The van der Waals surface area contributed by atoms with Gasteiger partial charge in [-0.25, -0.2) is 4.98 Å². The quantitative estimate of drug-likeness (QED) is 0.633. The fourth-order valence-corrected chi connectivity index (χ4v) is 4.93. The van der Waals surface area contributed by atoms with Gasteiger partial charge in [-0.05, 0) is 44.6 Å². The summed E-state index contributed by atoms with van der Waals surface area (Å²) in [5.41, 5.74) is -1.78. The smallest absolute Gasteiger partial charge is 0.307 e. The van der Waals surface area contributed by atoms with Gasteiger partial charge in [-0.3, -0.25) is 9.59 Å². The first-order chi connectivity index (χ1) is 12.9. The molecule has 3 heterocycles. The molecule has 1 saturated carbocycles. The minimum Gasteiger partial charge on any atom is -0.458 e. The van der Waals surface area contributed by atoms with Crippen LogP contribution in [0.2, 0.25) is 0 Å². The molecule has 2 aliphatic heterocycles. The third-order valence-corrected chi connectivity index (χ3v) is 6.48. The van der Waals surface area contributed by atoms with Crippen molar-refractivity contribution < 1.29 is 23.8 Å². The van der Waals surface area contributed by atoms with Crippen molar-refractivity contribution in [1.29, 1.82) is 0 Å². The summed E-state index contributed by atoms with van der Waals surface area (Å²) < 4.78 is 19.6. The second kappa shape index (κ2) is 6.86. The fraction of sp³-hybridized carbons (Fsp3) is 0.650. The number of hydrogen-bond acceptors (Lipinski definition) is 5. The van der Waals surface area contributed by atoms with Gasteiger partial charge < -0.3 is 14.7 Å². The first kappa shape index (κ1) is 18.3. The van der Waals surface area contributed by atoms with E-state index in [-0.39, 0.29) is 36.7 Å². The van der Waals surface area contributed by atoms with E-state index in [0.717, 1.165) is 32.1 Å². The van der Waals surface area contributed by atoms with Crippen LogP contribution >= 0.6 is 0 Å². The fourth-order valence-electron chi connectivity index (χ4n) is 4.93. The summed E-state index contributed by atoms with van der Waals surface area (Å²) in [6.45, 7) is 0.648. The van der Waals surface area contributed by atoms with Crippen LogP contribution in [0, 0.1) is 11.9 Å². The molecule has 1 N–H and O–H groups in total. The number of likely N-dealkylation sites (tertiary alicyclic amines) is 1. The number of halogens is 1. The van der Waals surface area contributed by atoms with Crippen molar-refractivity contribution in [3.05, 3.63) is 29.8 Å². The third-order valence-electron chi connectivity index (χ3n) is 6.48. The van der Waals surface area contributed by atoms with E-state index in [1.165, 1.54) is 6.20 Å². The number of pyridine rings is 1. The van der Waals surface area contributed by atoms with Gasteiger partial charge in [0.2, 0.25) is 11.9 Å². The number of aliphatic hydroxyl groups is 1. The molecule has 146 valence electrons. The summed E-state index contributed by atoms with van der Waals surface area (Å²) in [6.07, 6.45) is 6.51. The minimum atomic E-state index is -1.32. The highest BCUT2D eigenvalue weighted by Gasteiger charge is 2.54. The van der Waals surface area contributed by atoms with Gasteiger partial charge in [0.25, 0.3) is 0 Å². The Hall–Kier alpha value is -2.02. The Kier molecular flexibility index (Phi) is 4.66. The monoisotopic (exact) mass is 376 g/mol. The van der Waals surface area contributed by atoms with Gasteiger partial charge >= 0.3 is 5.97 Å². The highest BCUT2D eigenvalue weighted by Crippen LogP contribution is 2.45. The van der Waals surface area contributed by atoms with Gasteiger partial charge in [0.1, 0.15) is 5.60 Å². The lowest BCUT2D eigenvalue weighted by molar-refractivity contribution is -0.157. The Morgan fingerprint density at radius 1 is 1.22 bits per heavy atom. The zero-order valence-electron chi connectivity index (χ0n) is 15.3. The van der Waals surface area contributed by atoms with Gasteiger partial charge in [0.05, 0.1) is 17.9 Å². The lowest BCUT2D eigenvalue weighted by Crippen LogP contribution is -2.51. The number of hydrogen-bond donors (Lipinski definition) is 1. The van der Waals surface area contributed by atoms with Gasteiger partial charge in [-0.1, -0.05) is 12.5 Å². The molecule has 1 aliphatic carbocycles. The second-order valence-corrected chi connectivity index (χ2v) is 8.05. The lowest BCUT2D eigenvalue weighted by Gasteiger charge is -2.42. The molecule has 0 radical (unpaired) electrons. The van der Waals surface area contributed by atoms with Crippen LogP contribution in [0.5, 0.6) is 0 Å². The van der Waals surface area contributed by atoms with Crippen molar-refractivity contribution in [3.63, 3.8) is 0 Å². The molecule has 1 spiro atoms. The van der Waals surface area contributed by atoms with E-state index in [0.29, 0.717) is 13.1 Å². The lowest BCUT2D eigenvalue weighted by atomic mass is 9.75. The second-order valence-electron chi connectivity index (χ2n) is 8.05. The Morgan fingerprint density at radius 2 is 1.93 bits per heavy atom. The predicted octanol–water partition coefficient (Wildman–Crippen LogP) is 2.30. The topological polar surface area (TPSA) is 79.7 Å². The molecule has 1 atom stereocenters. The van der Waals surface area contributed by atoms with Crippen molar-refractivity contribution in [2.24, 2.45) is 5.92 Å². The SMILES string of the molecule is O=C1CC(C(=O)N2CCC(O)(c3cccnc3F)CC2)C2(CCCCC2)O1. The number of carbonyl (C=O) groups is 2. The van der Waals surface area contributed by atoms with Crippen LogP contribution in [0.1, 0.15) is 56.9 Å². The summed E-state index contributed by atoms with van der Waals surface area (Å²) in [6, 6.07) is 3.14. The van der Waals surface area contributed by atoms with Crippen molar-refractivity contribution in [1.82, 2.24) is 9.88 Å². The molecule has 3 aliphatic rings. The largest absolute Gasteiger partial charge is 0.458 e. The third kappa shape index (κ3) is 3.22. The molecule has 1 unspecified atom stereocenters. The van der Waals surface area contributed by atoms with Gasteiger partial charge in [-0.2, -0.15) is 4.39 Å². The molecule has 2 saturated heterocycles. The normalized spacial score (nSPS) is 26.8.